The zero-order valence-corrected chi connectivity index (χ0v) is 90.3. The number of ketones is 5. The fraction of sp³-hybridized carbons (Fsp3) is 0.744. The number of carbonyl (C=O) groups is 5. The minimum atomic E-state index is -0.718. The van der Waals surface area contributed by atoms with Crippen LogP contribution in [0.4, 0.5) is 0 Å². The zero-order chi connectivity index (χ0) is 96.7. The minimum Gasteiger partial charge on any atom is -0.347 e. The normalized spacial score (nSPS) is 38.5. The lowest BCUT2D eigenvalue weighted by Crippen LogP contribution is -2.61. The molecule has 2 spiro atoms. The topological polar surface area (TPSA) is 163 Å². The second kappa shape index (κ2) is 40.4. The van der Waals surface area contributed by atoms with Crippen LogP contribution >= 0.6 is 36.4 Å². The van der Waals surface area contributed by atoms with Crippen molar-refractivity contribution in [1.82, 2.24) is 19.6 Å². The van der Waals surface area contributed by atoms with Crippen molar-refractivity contribution in [2.75, 3.05) is 105 Å². The van der Waals surface area contributed by atoms with E-state index in [2.05, 4.69) is 179 Å². The lowest BCUT2D eigenvalue weighted by molar-refractivity contribution is -0.284. The number of hydrogen-bond donors (Lipinski definition) is 0. The van der Waals surface area contributed by atoms with Crippen LogP contribution in [0, 0.1) is 188 Å². The molecule has 6 aliphatic heterocycles. The Hall–Kier alpha value is -5.99. The Morgan fingerprint density at radius 3 is 1.17 bits per heavy atom. The molecule has 0 aromatic rings. The van der Waals surface area contributed by atoms with Gasteiger partial charge in [0.05, 0.1) is 91.8 Å². The summed E-state index contributed by atoms with van der Waals surface area (Å²) in [5.74, 6) is 34.0. The SMILES string of the molecule is C#C[C@]12CCCC=C1[C@@]1(C)CCC3(OCCO3)C(C)(C)[C@@H]1CC2.CC1(C)C(=O)CC[C@]2(C)C3=CC(=O)CC[C@]3(C#CCN3CCCC3)CC[C@@H]12.CC1(C)C(=O)CC[C@]2(C)C3=CCCC[C@]3(C#CCN3CCCC3)CC[C@@H]12.CC1(C)[C@@H]2CC[C@@]3(C#CCN4CCCC4)CCCC=C3[C@@]2(C)CCC12OCCO2.Cl.I.[C-]#[N+]C1=C[C@]2(C)C3=CC(=O)C(C#N)=C[C@]3(C#CCN3CCCC3)CC[C@H]2C(C)(C)C1=O. The van der Waals surface area contributed by atoms with Crippen molar-refractivity contribution in [3.8, 4) is 65.8 Å². The lowest BCUT2D eigenvalue weighted by Gasteiger charge is -2.64. The number of ether oxygens (including phenoxy) is 4. The number of rotatable bonds is 4. The molecule has 9 saturated carbocycles. The highest BCUT2D eigenvalue weighted by Crippen LogP contribution is 2.74. The molecule has 15 nitrogen and oxygen atoms in total. The number of terminal acetylenes is 1. The molecular formula is C121H166ClIN6O9. The van der Waals surface area contributed by atoms with Crippen LogP contribution in [-0.2, 0) is 42.9 Å². The summed E-state index contributed by atoms with van der Waals surface area (Å²) >= 11 is 0. The van der Waals surface area contributed by atoms with Crippen LogP contribution in [0.25, 0.3) is 4.85 Å². The fourth-order valence-electron chi connectivity index (χ4n) is 33.8. The summed E-state index contributed by atoms with van der Waals surface area (Å²) in [6.45, 7) is 57.2. The molecule has 0 bridgehead atoms. The van der Waals surface area contributed by atoms with Gasteiger partial charge in [0.2, 0.25) is 5.70 Å². The molecule has 6 heterocycles. The van der Waals surface area contributed by atoms with Crippen molar-refractivity contribution < 1.29 is 42.9 Å². The number of halogens is 2. The Bertz CT molecular complexity index is 5340. The summed E-state index contributed by atoms with van der Waals surface area (Å²) < 4.78 is 25.0. The van der Waals surface area contributed by atoms with Crippen molar-refractivity contribution in [3.63, 3.8) is 0 Å². The highest BCUT2D eigenvalue weighted by atomic mass is 127. The predicted octanol–water partition coefficient (Wildman–Crippen LogP) is 23.9. The van der Waals surface area contributed by atoms with Crippen LogP contribution < -0.4 is 0 Å². The first-order chi connectivity index (χ1) is 64.7. The molecule has 0 amide bonds. The smallest absolute Gasteiger partial charge is 0.226 e. The molecular weight excluding hydrogens is 1840 g/mol. The Labute approximate surface area is 854 Å². The van der Waals surface area contributed by atoms with Crippen molar-refractivity contribution in [3.05, 3.63) is 93.1 Å². The van der Waals surface area contributed by atoms with E-state index in [0.717, 1.165) is 148 Å². The number of fused-ring (bicyclic) bond motifs is 15. The molecule has 138 heavy (non-hydrogen) atoms. The van der Waals surface area contributed by atoms with Gasteiger partial charge in [0.15, 0.2) is 28.9 Å². The predicted molar refractivity (Wildman–Crippen MR) is 561 cm³/mol. The molecule has 15 aliphatic carbocycles. The standard InChI is InChI=1S/C26H27N3O2.C26H39NO2.C24H33NO2.C24H35NO.C21H30O2.ClH.HI/c1-24(2)21-8-10-26(9-7-13-29-11-5-6-12-29)15-18(17-27)20(30)14-22(26)25(21,3)16-19(28-4)23(24)31;1-23(2)21-10-13-25(12-8-18-27-16-6-7-17-27)11-5-4-9-22(25)24(21,3)14-15-26(23)28-19-20-29-26;1-22(2)19-8-13-24(10-6-16-25-14-4-5-15-25)12-7-18(26)17-20(24)23(19,3)11-9-21(22)27;1-22(2)19-10-15-24(13-8-18-25-16-6-7-17-25)12-5-4-9-20(24)23(19,3)14-11-21(22)26;1-5-20-10-7-6-8-17(20)19(4)12-13-21(22-14-15-23-21)18(2,3)16(19)9-11-20;;/h14-16,21H,5-6,8,10-13H2,1-3H3;9,21H,4-7,10-11,13-20H2,1-3H3;17,19H,4-5,7-9,11-16H2,1-3H3;9,19H,4-7,10-12,14-18H2,1-3H3;1,8,16H,6-7,9-15H2,2-4H3;2*1H/t21-,25-,26-;21-,24-,25-;19-,23-,24+;19-,23-,24-;16-,19-,20+;;/m00000../s1. The summed E-state index contributed by atoms with van der Waals surface area (Å²) in [6.07, 6.45) is 61.7. The Morgan fingerprint density at radius 1 is 0.399 bits per heavy atom. The Balaban J connectivity index is 0.000000131. The molecule has 0 N–H and O–H groups in total. The maximum Gasteiger partial charge on any atom is 0.226 e. The van der Waals surface area contributed by atoms with E-state index >= 15 is 0 Å². The van der Waals surface area contributed by atoms with Gasteiger partial charge in [-0.25, -0.2) is 4.85 Å². The fourth-order valence-corrected chi connectivity index (χ4v) is 33.8. The minimum absolute atomic E-state index is 0. The van der Waals surface area contributed by atoms with E-state index in [1.807, 2.05) is 32.9 Å². The number of likely N-dealkylation sites (tertiary alicyclic amines) is 4. The van der Waals surface area contributed by atoms with Gasteiger partial charge in [-0.1, -0.05) is 181 Å². The number of nitrogens with zero attached hydrogens (tertiary/aromatic N) is 6. The second-order valence-corrected chi connectivity index (χ2v) is 50.0. The highest BCUT2D eigenvalue weighted by molar-refractivity contribution is 14.0. The van der Waals surface area contributed by atoms with E-state index in [1.165, 1.54) is 180 Å². The van der Waals surface area contributed by atoms with E-state index in [1.54, 1.807) is 34.9 Å². The summed E-state index contributed by atoms with van der Waals surface area (Å²) in [5.41, 5.74) is 5.35. The summed E-state index contributed by atoms with van der Waals surface area (Å²) in [4.78, 5) is 76.6. The molecule has 748 valence electrons. The molecule has 6 saturated heterocycles. The Morgan fingerprint density at radius 2 is 0.761 bits per heavy atom. The molecule has 0 aromatic heterocycles. The molecule has 15 atom stereocenters. The van der Waals surface area contributed by atoms with Crippen LogP contribution in [0.2, 0.25) is 0 Å². The number of Topliss-reactive ketones (excluding diaryl/α,β-unsaturated/α-hetero) is 3. The van der Waals surface area contributed by atoms with E-state index < -0.39 is 16.2 Å². The van der Waals surface area contributed by atoms with Gasteiger partial charge in [-0.15, -0.1) is 42.8 Å². The van der Waals surface area contributed by atoms with Crippen LogP contribution in [0.15, 0.2) is 81.7 Å². The molecule has 21 rings (SSSR count). The average molecular weight is 2010 g/mol. The maximum absolute atomic E-state index is 12.9. The van der Waals surface area contributed by atoms with Gasteiger partial charge < -0.3 is 23.7 Å². The van der Waals surface area contributed by atoms with Crippen molar-refractivity contribution in [1.29, 1.82) is 5.26 Å². The first-order valence-electron chi connectivity index (χ1n) is 54.1. The van der Waals surface area contributed by atoms with Crippen LogP contribution in [0.3, 0.4) is 0 Å². The van der Waals surface area contributed by atoms with E-state index in [-0.39, 0.29) is 147 Å². The lowest BCUT2D eigenvalue weighted by atomic mass is 9.43. The third-order valence-electron chi connectivity index (χ3n) is 41.2. The van der Waals surface area contributed by atoms with Gasteiger partial charge in [0.25, 0.3) is 0 Å². The molecule has 15 fully saturated rings. The highest BCUT2D eigenvalue weighted by Gasteiger charge is 2.70. The monoisotopic (exact) mass is 2010 g/mol. The molecule has 21 aliphatic rings. The van der Waals surface area contributed by atoms with Gasteiger partial charge in [-0.3, -0.25) is 38.8 Å². The van der Waals surface area contributed by atoms with Crippen molar-refractivity contribution >= 4 is 65.3 Å². The average Bonchev–Trinajstić information content (AvgIpc) is 1.13. The van der Waals surface area contributed by atoms with Crippen molar-refractivity contribution in [2.45, 2.75) is 353 Å². The van der Waals surface area contributed by atoms with Crippen LogP contribution in [-0.4, -0.2) is 165 Å². The second-order valence-electron chi connectivity index (χ2n) is 50.0. The number of nitriles is 1. The number of hydrogen-bond acceptors (Lipinski definition) is 14. The quantitative estimate of drug-likeness (QED) is 0.113. The van der Waals surface area contributed by atoms with Crippen LogP contribution in [0.1, 0.15) is 341 Å². The van der Waals surface area contributed by atoms with Crippen molar-refractivity contribution in [2.24, 2.45) is 111 Å². The Kier molecular flexibility index (Phi) is 31.1. The van der Waals surface area contributed by atoms with Gasteiger partial charge in [0.1, 0.15) is 17.6 Å². The van der Waals surface area contributed by atoms with E-state index in [4.69, 9.17) is 31.9 Å². The van der Waals surface area contributed by atoms with Crippen LogP contribution in [0.5, 0.6) is 0 Å². The van der Waals surface area contributed by atoms with Gasteiger partial charge in [-0.05, 0) is 355 Å². The molecule has 17 heteroatoms. The number of allylic oxidation sites excluding steroid dienone is 14. The number of carbonyl (C=O) groups excluding carboxylic acids is 5. The third-order valence-corrected chi connectivity index (χ3v) is 41.2. The molecule has 0 aromatic carbocycles. The first-order valence-corrected chi connectivity index (χ1v) is 54.1. The summed E-state index contributed by atoms with van der Waals surface area (Å²) in [6, 6.07) is 2.04. The zero-order valence-electron chi connectivity index (χ0n) is 87.2. The summed E-state index contributed by atoms with van der Waals surface area (Å²) in [7, 11) is 0. The first kappa shape index (κ1) is 106. The molecule has 0 radical (unpaired) electrons. The summed E-state index contributed by atoms with van der Waals surface area (Å²) in [5, 5.41) is 9.54. The van der Waals surface area contributed by atoms with E-state index in [0.29, 0.717) is 61.0 Å². The molecule has 0 unspecified atom stereocenters. The maximum atomic E-state index is 12.9. The van der Waals surface area contributed by atoms with Gasteiger partial charge >= 0.3 is 0 Å². The van der Waals surface area contributed by atoms with E-state index in [9.17, 15) is 29.2 Å². The van der Waals surface area contributed by atoms with Gasteiger partial charge in [-0.2, -0.15) is 5.26 Å². The van der Waals surface area contributed by atoms with Gasteiger partial charge in [0, 0.05) is 64.6 Å². The largest absolute Gasteiger partial charge is 0.347 e. The third kappa shape index (κ3) is 18.4.